The number of aromatic hydroxyl groups is 1. The highest BCUT2D eigenvalue weighted by molar-refractivity contribution is 8.00. The van der Waals surface area contributed by atoms with E-state index in [1.165, 1.54) is 63.4 Å². The molecule has 4 aliphatic rings. The number of hydrogen-bond acceptors (Lipinski definition) is 13. The Kier molecular flexibility index (Phi) is 19.1. The number of benzene rings is 4. The minimum Gasteiger partial charge on any atom is -0.508 e. The number of nitrogens with one attached hydrogen (secondary N) is 5. The van der Waals surface area contributed by atoms with E-state index in [-0.39, 0.29) is 87.4 Å². The van der Waals surface area contributed by atoms with E-state index in [1.54, 1.807) is 60.7 Å². The minimum atomic E-state index is -1.41. The molecule has 3 fully saturated rings. The molecule has 23 nitrogen and oxygen atoms in total. The first-order valence-corrected chi connectivity index (χ1v) is 29.1. The molecule has 9 rings (SSSR count). The fourth-order valence-corrected chi connectivity index (χ4v) is 12.3. The van der Waals surface area contributed by atoms with Crippen molar-refractivity contribution >= 4 is 70.8 Å². The summed E-state index contributed by atoms with van der Waals surface area (Å²) < 4.78 is 0. The van der Waals surface area contributed by atoms with E-state index in [4.69, 9.17) is 11.5 Å². The summed E-state index contributed by atoms with van der Waals surface area (Å²) in [6.07, 6.45) is 3.80. The number of phenolic OH excluding ortho intramolecular Hbond substituents is 1. The molecule has 0 spiro atoms. The Hall–Kier alpha value is -9.06. The van der Waals surface area contributed by atoms with Crippen LogP contribution in [0, 0.1) is 0 Å². The van der Waals surface area contributed by atoms with E-state index in [9.17, 15) is 38.7 Å². The number of carbonyl (C=O) groups is 10. The summed E-state index contributed by atoms with van der Waals surface area (Å²) in [5, 5.41) is 21.5. The number of aromatic amines is 1. The maximum atomic E-state index is 15.3. The summed E-state index contributed by atoms with van der Waals surface area (Å²) in [6, 6.07) is 18.3. The number of primary amides is 2. The van der Waals surface area contributed by atoms with Crippen molar-refractivity contribution in [2.24, 2.45) is 11.5 Å². The van der Waals surface area contributed by atoms with E-state index in [0.717, 1.165) is 28.5 Å². The molecule has 5 aromatic rings. The number of carbonyl (C=O) groups excluding carboxylic acids is 10. The number of fused-ring (bicyclic) bond motifs is 4. The zero-order valence-corrected chi connectivity index (χ0v) is 47.1. The van der Waals surface area contributed by atoms with Crippen molar-refractivity contribution in [1.82, 2.24) is 50.8 Å². The Morgan fingerprint density at radius 3 is 1.81 bits per heavy atom. The summed E-state index contributed by atoms with van der Waals surface area (Å²) >= 11 is 0.970. The van der Waals surface area contributed by atoms with Crippen LogP contribution in [0.3, 0.4) is 0 Å². The van der Waals surface area contributed by atoms with Crippen LogP contribution in [0.25, 0.3) is 0 Å². The molecule has 1 aromatic heterocycles. The lowest BCUT2D eigenvalue weighted by molar-refractivity contribution is -0.150. The van der Waals surface area contributed by atoms with E-state index >= 15 is 14.4 Å². The third kappa shape index (κ3) is 14.2. The Morgan fingerprint density at radius 2 is 1.18 bits per heavy atom. The third-order valence-corrected chi connectivity index (χ3v) is 17.0. The molecule has 5 heterocycles. The molecule has 3 saturated heterocycles. The second-order valence-electron chi connectivity index (χ2n) is 21.6. The Labute approximate surface area is 489 Å². The molecule has 10 N–H and O–H groups in total. The number of hydrogen-bond donors (Lipinski definition) is 8. The predicted molar refractivity (Wildman–Crippen MR) is 308 cm³/mol. The highest BCUT2D eigenvalue weighted by Crippen LogP contribution is 2.30. The minimum absolute atomic E-state index is 0.0160. The van der Waals surface area contributed by atoms with Crippen LogP contribution in [0.15, 0.2) is 116 Å². The molecule has 4 aromatic carbocycles. The normalized spacial score (nSPS) is 24.4. The standard InChI is InChI=1S/C60H68N12O11S/c1-69-50(27-35-9-3-2-4-10-35)60(83)70-23-7-13-47(70)56(79)65-43(26-37-17-21-42(73)22-18-37)54(77)67-45(29-41-30-63-34-64-41)58(81)71-24-8-14-48(71)59(82)72-31-40-12-6-5-11-39(40)28-49(72)57(80)66-44(25-36-15-19-38(20-16-36)52(61)75)55(78)68-46(53(62)76)32-84-33-51(69)74/h2-6,9-12,15-22,30,34,43-50,73H,7-8,13-14,23-29,31-33H2,1H3,(H2,61,75)(H2,62,76)(H,63,64)(H,65,79)(H,66,80)(H,67,77)(H,68,78)/t43-,44-,45-,46-,47-,48-,49-,50-/m0/s1. The van der Waals surface area contributed by atoms with Crippen LogP contribution in [-0.4, -0.2) is 174 Å². The highest BCUT2D eigenvalue weighted by Gasteiger charge is 2.46. The van der Waals surface area contributed by atoms with Gasteiger partial charge in [-0.2, -0.15) is 0 Å². The molecule has 4 aliphatic heterocycles. The first-order chi connectivity index (χ1) is 40.4. The van der Waals surface area contributed by atoms with Gasteiger partial charge in [0, 0.05) is 82.0 Å². The maximum Gasteiger partial charge on any atom is 0.248 e. The number of imidazole rings is 1. The van der Waals surface area contributed by atoms with Crippen LogP contribution >= 0.6 is 11.8 Å². The molecule has 8 atom stereocenters. The van der Waals surface area contributed by atoms with Crippen LogP contribution in [-0.2, 0) is 81.8 Å². The van der Waals surface area contributed by atoms with Gasteiger partial charge in [-0.05, 0) is 77.8 Å². The van der Waals surface area contributed by atoms with Crippen LogP contribution in [0.5, 0.6) is 5.75 Å². The average molecular weight is 1170 g/mol. The fourth-order valence-electron chi connectivity index (χ4n) is 11.3. The molecule has 0 radical (unpaired) electrons. The Balaban J connectivity index is 1.09. The number of rotatable bonds is 10. The molecule has 0 aliphatic carbocycles. The number of nitrogens with zero attached hydrogens (tertiary/aromatic N) is 5. The van der Waals surface area contributed by atoms with Gasteiger partial charge < -0.3 is 62.4 Å². The summed E-state index contributed by atoms with van der Waals surface area (Å²) in [6.45, 7) is 0.207. The monoisotopic (exact) mass is 1160 g/mol. The Bertz CT molecular complexity index is 3260. The van der Waals surface area contributed by atoms with Crippen molar-refractivity contribution in [3.63, 3.8) is 0 Å². The lowest BCUT2D eigenvalue weighted by Crippen LogP contribution is -2.62. The van der Waals surface area contributed by atoms with Crippen molar-refractivity contribution in [2.45, 2.75) is 113 Å². The van der Waals surface area contributed by atoms with E-state index in [1.807, 2.05) is 18.2 Å². The largest absolute Gasteiger partial charge is 0.508 e. The molecule has 0 unspecified atom stereocenters. The van der Waals surface area contributed by atoms with Crippen LogP contribution in [0.1, 0.15) is 69.6 Å². The molecule has 440 valence electrons. The number of aromatic nitrogens is 2. The molecule has 84 heavy (non-hydrogen) atoms. The van der Waals surface area contributed by atoms with Crippen LogP contribution < -0.4 is 32.7 Å². The number of H-pyrrole nitrogens is 1. The summed E-state index contributed by atoms with van der Waals surface area (Å²) in [5.74, 6) is -7.40. The molecular formula is C60H68N12O11S. The number of likely N-dealkylation sites (N-methyl/N-ethyl adjacent to an activating group) is 1. The first-order valence-electron chi connectivity index (χ1n) is 27.9. The molecular weight excluding hydrogens is 1100 g/mol. The maximum absolute atomic E-state index is 15.3. The van der Waals surface area contributed by atoms with E-state index < -0.39 is 107 Å². The first kappa shape index (κ1) is 59.6. The van der Waals surface area contributed by atoms with Gasteiger partial charge in [-0.3, -0.25) is 47.9 Å². The average Bonchev–Trinajstić information content (AvgIpc) is 3.75. The van der Waals surface area contributed by atoms with Gasteiger partial charge in [0.1, 0.15) is 54.1 Å². The van der Waals surface area contributed by atoms with Gasteiger partial charge in [0.2, 0.25) is 59.1 Å². The van der Waals surface area contributed by atoms with Gasteiger partial charge in [-0.1, -0.05) is 78.9 Å². The lowest BCUT2D eigenvalue weighted by atomic mass is 9.92. The zero-order valence-electron chi connectivity index (χ0n) is 46.3. The summed E-state index contributed by atoms with van der Waals surface area (Å²) in [5.41, 5.74) is 15.3. The van der Waals surface area contributed by atoms with Crippen molar-refractivity contribution in [3.8, 4) is 5.75 Å². The predicted octanol–water partition coefficient (Wildman–Crippen LogP) is 0.419. The molecule has 24 heteroatoms. The molecule has 0 saturated carbocycles. The Morgan fingerprint density at radius 1 is 0.607 bits per heavy atom. The van der Waals surface area contributed by atoms with Gasteiger partial charge in [-0.15, -0.1) is 11.8 Å². The summed E-state index contributed by atoms with van der Waals surface area (Å²) in [4.78, 5) is 157. The number of amides is 10. The van der Waals surface area contributed by atoms with E-state index in [2.05, 4.69) is 31.2 Å². The molecule has 0 bridgehead atoms. The second-order valence-corrected chi connectivity index (χ2v) is 22.7. The van der Waals surface area contributed by atoms with Gasteiger partial charge in [-0.25, -0.2) is 4.98 Å². The topological polar surface area (TPSA) is 333 Å². The molecule has 10 amide bonds. The zero-order chi connectivity index (χ0) is 59.6. The second kappa shape index (κ2) is 26.9. The SMILES string of the molecule is CN1C(=O)CSC[C@@H](C(N)=O)NC(=O)[C@H](Cc2ccc(C(N)=O)cc2)NC(=O)[C@@H]2Cc3ccccc3CN2C(=O)[C@@H]2CCCN2C(=O)[C@H](Cc2cnc[nH]2)NC(=O)[C@H](Cc2ccc(O)cc2)NC(=O)[C@@H]2CCCN2C(=O)[C@@H]1Cc1ccccc1. The van der Waals surface area contributed by atoms with Gasteiger partial charge in [0.05, 0.1) is 12.1 Å². The van der Waals surface area contributed by atoms with Gasteiger partial charge >= 0.3 is 0 Å². The number of nitrogens with two attached hydrogens (primary N) is 2. The van der Waals surface area contributed by atoms with Crippen LogP contribution in [0.2, 0.25) is 0 Å². The third-order valence-electron chi connectivity index (χ3n) is 16.0. The summed E-state index contributed by atoms with van der Waals surface area (Å²) in [7, 11) is 1.47. The number of thioether (sulfide) groups is 1. The van der Waals surface area contributed by atoms with Gasteiger partial charge in [0.15, 0.2) is 0 Å². The van der Waals surface area contributed by atoms with E-state index in [0.29, 0.717) is 29.7 Å². The fraction of sp³-hybridized carbons (Fsp3) is 0.383. The lowest BCUT2D eigenvalue weighted by Gasteiger charge is -2.39. The van der Waals surface area contributed by atoms with Gasteiger partial charge in [0.25, 0.3) is 0 Å². The van der Waals surface area contributed by atoms with Crippen molar-refractivity contribution in [3.05, 3.63) is 155 Å². The smallest absolute Gasteiger partial charge is 0.248 e. The van der Waals surface area contributed by atoms with Crippen molar-refractivity contribution in [1.29, 1.82) is 0 Å². The quantitative estimate of drug-likeness (QED) is 0.0942. The number of phenols is 1. The van der Waals surface area contributed by atoms with Crippen molar-refractivity contribution < 1.29 is 53.1 Å². The van der Waals surface area contributed by atoms with Crippen LogP contribution in [0.4, 0.5) is 0 Å². The highest BCUT2D eigenvalue weighted by atomic mass is 32.2. The van der Waals surface area contributed by atoms with Crippen molar-refractivity contribution in [2.75, 3.05) is 31.6 Å².